The molecular weight excluding hydrogens is 396 g/mol. The summed E-state index contributed by atoms with van der Waals surface area (Å²) < 4.78 is 16.7. The number of hydrogen-bond donors (Lipinski definition) is 1. The van der Waals surface area contributed by atoms with Gasteiger partial charge >= 0.3 is 0 Å². The fraction of sp³-hybridized carbons (Fsp3) is 0.417. The number of hydrogen-bond acceptors (Lipinski definition) is 5. The van der Waals surface area contributed by atoms with Gasteiger partial charge in [-0.15, -0.1) is 0 Å². The fourth-order valence-corrected chi connectivity index (χ4v) is 3.38. The fourth-order valence-electron chi connectivity index (χ4n) is 3.38. The average molecular weight is 427 g/mol. The summed E-state index contributed by atoms with van der Waals surface area (Å²) in [4.78, 5) is 26.7. The lowest BCUT2D eigenvalue weighted by Gasteiger charge is -2.33. The van der Waals surface area contributed by atoms with E-state index in [0.29, 0.717) is 36.0 Å². The molecule has 0 aliphatic carbocycles. The van der Waals surface area contributed by atoms with Gasteiger partial charge in [0.2, 0.25) is 0 Å². The highest BCUT2D eigenvalue weighted by Crippen LogP contribution is 2.36. The highest BCUT2D eigenvalue weighted by atomic mass is 16.5. The standard InChI is InChI=1S/C24H30N2O5/c1-4-6-7-14-26-21-15-18(8-13-22(21)31-17(3)24(26)28)25-23(27)16-30-20-11-9-19(10-12-20)29-5-2/h8-13,15,17H,4-7,14,16H2,1-3H3,(H,25,27). The van der Waals surface area contributed by atoms with Crippen LogP contribution in [0, 0.1) is 0 Å². The number of rotatable bonds is 10. The minimum absolute atomic E-state index is 0.0640. The van der Waals surface area contributed by atoms with E-state index >= 15 is 0 Å². The number of carbonyl (C=O) groups excluding carboxylic acids is 2. The van der Waals surface area contributed by atoms with Crippen molar-refractivity contribution in [1.82, 2.24) is 0 Å². The lowest BCUT2D eigenvalue weighted by molar-refractivity contribution is -0.125. The SMILES string of the molecule is CCCCCN1C(=O)C(C)Oc2ccc(NC(=O)COc3ccc(OCC)cc3)cc21. The molecule has 3 rings (SSSR count). The Morgan fingerprint density at radius 2 is 1.77 bits per heavy atom. The first-order valence-electron chi connectivity index (χ1n) is 10.8. The van der Waals surface area contributed by atoms with Gasteiger partial charge in [-0.1, -0.05) is 19.8 Å². The van der Waals surface area contributed by atoms with Crippen LogP contribution in [0.4, 0.5) is 11.4 Å². The molecule has 0 aromatic heterocycles. The Hall–Kier alpha value is -3.22. The molecule has 2 aromatic rings. The van der Waals surface area contributed by atoms with Crippen LogP contribution >= 0.6 is 0 Å². The molecule has 31 heavy (non-hydrogen) atoms. The number of fused-ring (bicyclic) bond motifs is 1. The Morgan fingerprint density at radius 1 is 1.06 bits per heavy atom. The van der Waals surface area contributed by atoms with E-state index in [1.165, 1.54) is 0 Å². The lowest BCUT2D eigenvalue weighted by atomic mass is 10.1. The van der Waals surface area contributed by atoms with Crippen LogP contribution < -0.4 is 24.4 Å². The largest absolute Gasteiger partial charge is 0.494 e. The maximum Gasteiger partial charge on any atom is 0.267 e. The molecule has 7 heteroatoms. The van der Waals surface area contributed by atoms with Gasteiger partial charge in [-0.05, 0) is 62.7 Å². The van der Waals surface area contributed by atoms with Gasteiger partial charge in [0, 0.05) is 12.2 Å². The summed E-state index contributed by atoms with van der Waals surface area (Å²) in [5.41, 5.74) is 1.27. The Labute approximate surface area is 183 Å². The maximum atomic E-state index is 12.6. The molecule has 7 nitrogen and oxygen atoms in total. The van der Waals surface area contributed by atoms with Crippen molar-refractivity contribution in [2.24, 2.45) is 0 Å². The van der Waals surface area contributed by atoms with Gasteiger partial charge in [0.1, 0.15) is 17.2 Å². The van der Waals surface area contributed by atoms with Gasteiger partial charge in [-0.2, -0.15) is 0 Å². The molecule has 0 radical (unpaired) electrons. The van der Waals surface area contributed by atoms with Crippen molar-refractivity contribution in [3.8, 4) is 17.2 Å². The predicted molar refractivity (Wildman–Crippen MR) is 120 cm³/mol. The summed E-state index contributed by atoms with van der Waals surface area (Å²) >= 11 is 0. The van der Waals surface area contributed by atoms with Crippen molar-refractivity contribution in [1.29, 1.82) is 0 Å². The summed E-state index contributed by atoms with van der Waals surface area (Å²) in [7, 11) is 0. The van der Waals surface area contributed by atoms with E-state index in [1.807, 2.05) is 6.92 Å². The second kappa shape index (κ2) is 10.7. The van der Waals surface area contributed by atoms with E-state index in [-0.39, 0.29) is 18.4 Å². The summed E-state index contributed by atoms with van der Waals surface area (Å²) in [6.45, 7) is 6.90. The minimum Gasteiger partial charge on any atom is -0.494 e. The third-order valence-corrected chi connectivity index (χ3v) is 4.94. The van der Waals surface area contributed by atoms with Crippen LogP contribution in [0.1, 0.15) is 40.0 Å². The smallest absolute Gasteiger partial charge is 0.267 e. The van der Waals surface area contributed by atoms with Crippen LogP contribution in [-0.2, 0) is 9.59 Å². The first kappa shape index (κ1) is 22.5. The monoisotopic (exact) mass is 426 g/mol. The van der Waals surface area contributed by atoms with Crippen molar-refractivity contribution in [2.75, 3.05) is 30.0 Å². The molecule has 0 spiro atoms. The van der Waals surface area contributed by atoms with Gasteiger partial charge in [-0.25, -0.2) is 0 Å². The van der Waals surface area contributed by atoms with Gasteiger partial charge < -0.3 is 24.4 Å². The summed E-state index contributed by atoms with van der Waals surface area (Å²) in [6.07, 6.45) is 2.53. The molecular formula is C24H30N2O5. The molecule has 0 saturated carbocycles. The van der Waals surface area contributed by atoms with E-state index in [9.17, 15) is 9.59 Å². The predicted octanol–water partition coefficient (Wildman–Crippen LogP) is 4.41. The second-order valence-corrected chi connectivity index (χ2v) is 7.38. The van der Waals surface area contributed by atoms with E-state index in [0.717, 1.165) is 25.0 Å². The number of anilines is 2. The summed E-state index contributed by atoms with van der Waals surface area (Å²) in [5.74, 6) is 1.63. The molecule has 1 heterocycles. The number of nitrogens with one attached hydrogen (secondary N) is 1. The quantitative estimate of drug-likeness (QED) is 0.570. The van der Waals surface area contributed by atoms with Crippen molar-refractivity contribution < 1.29 is 23.8 Å². The van der Waals surface area contributed by atoms with E-state index in [1.54, 1.807) is 54.3 Å². The van der Waals surface area contributed by atoms with Crippen molar-refractivity contribution in [3.05, 3.63) is 42.5 Å². The number of unbranched alkanes of at least 4 members (excludes halogenated alkanes) is 2. The highest BCUT2D eigenvalue weighted by Gasteiger charge is 2.31. The molecule has 1 aliphatic heterocycles. The second-order valence-electron chi connectivity index (χ2n) is 7.38. The molecule has 2 aromatic carbocycles. The molecule has 0 bridgehead atoms. The molecule has 1 N–H and O–H groups in total. The Kier molecular flexibility index (Phi) is 7.76. The number of benzene rings is 2. The van der Waals surface area contributed by atoms with Gasteiger partial charge in [0.15, 0.2) is 12.7 Å². The summed E-state index contributed by atoms with van der Waals surface area (Å²) in [5, 5.41) is 2.83. The van der Waals surface area contributed by atoms with Gasteiger partial charge in [-0.3, -0.25) is 9.59 Å². The zero-order valence-corrected chi connectivity index (χ0v) is 18.3. The highest BCUT2D eigenvalue weighted by molar-refractivity contribution is 6.01. The van der Waals surface area contributed by atoms with E-state index in [2.05, 4.69) is 12.2 Å². The molecule has 1 aliphatic rings. The first-order valence-corrected chi connectivity index (χ1v) is 10.8. The topological polar surface area (TPSA) is 77.1 Å². The minimum atomic E-state index is -0.517. The first-order chi connectivity index (χ1) is 15.0. The van der Waals surface area contributed by atoms with Crippen molar-refractivity contribution >= 4 is 23.2 Å². The number of carbonyl (C=O) groups is 2. The molecule has 0 fully saturated rings. The number of nitrogens with zero attached hydrogens (tertiary/aromatic N) is 1. The molecule has 166 valence electrons. The Balaban J connectivity index is 1.62. The Bertz CT molecular complexity index is 897. The van der Waals surface area contributed by atoms with Crippen LogP contribution in [0.2, 0.25) is 0 Å². The number of amides is 2. The Morgan fingerprint density at radius 3 is 2.45 bits per heavy atom. The zero-order chi connectivity index (χ0) is 22.2. The zero-order valence-electron chi connectivity index (χ0n) is 18.3. The average Bonchev–Trinajstić information content (AvgIpc) is 2.76. The van der Waals surface area contributed by atoms with Crippen molar-refractivity contribution in [2.45, 2.75) is 46.1 Å². The van der Waals surface area contributed by atoms with Crippen LogP contribution in [0.5, 0.6) is 17.2 Å². The van der Waals surface area contributed by atoms with Gasteiger partial charge in [0.05, 0.1) is 12.3 Å². The normalized spacial score (nSPS) is 15.1. The third kappa shape index (κ3) is 5.90. The summed E-state index contributed by atoms with van der Waals surface area (Å²) in [6, 6.07) is 12.4. The molecule has 1 unspecified atom stereocenters. The third-order valence-electron chi connectivity index (χ3n) is 4.94. The van der Waals surface area contributed by atoms with E-state index in [4.69, 9.17) is 14.2 Å². The van der Waals surface area contributed by atoms with Crippen molar-refractivity contribution in [3.63, 3.8) is 0 Å². The molecule has 2 amide bonds. The molecule has 0 saturated heterocycles. The van der Waals surface area contributed by atoms with Gasteiger partial charge in [0.25, 0.3) is 11.8 Å². The van der Waals surface area contributed by atoms with Crippen LogP contribution in [0.3, 0.4) is 0 Å². The van der Waals surface area contributed by atoms with Crippen LogP contribution in [0.15, 0.2) is 42.5 Å². The maximum absolute atomic E-state index is 12.6. The van der Waals surface area contributed by atoms with Crippen LogP contribution in [0.25, 0.3) is 0 Å². The molecule has 1 atom stereocenters. The van der Waals surface area contributed by atoms with E-state index < -0.39 is 6.10 Å². The van der Waals surface area contributed by atoms with Crippen LogP contribution in [-0.4, -0.2) is 37.7 Å². The number of ether oxygens (including phenoxy) is 3. The lowest BCUT2D eigenvalue weighted by Crippen LogP contribution is -2.44.